The number of carboxylic acid groups (broad SMARTS) is 1. The van der Waals surface area contributed by atoms with Gasteiger partial charge in [0, 0.05) is 9.86 Å². The number of hydrogen-bond acceptors (Lipinski definition) is 3. The Morgan fingerprint density at radius 3 is 2.57 bits per heavy atom. The standard InChI is InChI=1S/C17H13BrN2O3/c18-12-5-3-4-11(8-12)10-20-17(23)14-7-2-1-6-13(14)15(19-20)9-16(21)22/h1-8H,9-10H2,(H,21,22). The zero-order chi connectivity index (χ0) is 16.4. The molecule has 0 saturated heterocycles. The van der Waals surface area contributed by atoms with Gasteiger partial charge in [0.15, 0.2) is 0 Å². The highest BCUT2D eigenvalue weighted by atomic mass is 79.9. The minimum atomic E-state index is -0.977. The van der Waals surface area contributed by atoms with Gasteiger partial charge in [-0.3, -0.25) is 9.59 Å². The topological polar surface area (TPSA) is 72.2 Å². The molecule has 0 aliphatic heterocycles. The third-order valence-corrected chi connectivity index (χ3v) is 3.98. The minimum absolute atomic E-state index is 0.223. The van der Waals surface area contributed by atoms with Gasteiger partial charge in [0.05, 0.1) is 24.0 Å². The smallest absolute Gasteiger partial charge is 0.309 e. The summed E-state index contributed by atoms with van der Waals surface area (Å²) in [6.45, 7) is 0.287. The van der Waals surface area contributed by atoms with Gasteiger partial charge in [-0.25, -0.2) is 4.68 Å². The first-order chi connectivity index (χ1) is 11.0. The zero-order valence-electron chi connectivity index (χ0n) is 12.1. The van der Waals surface area contributed by atoms with Crippen LogP contribution in [0.2, 0.25) is 0 Å². The molecule has 0 radical (unpaired) electrons. The van der Waals surface area contributed by atoms with E-state index in [1.54, 1.807) is 24.3 Å². The lowest BCUT2D eigenvalue weighted by molar-refractivity contribution is -0.136. The second-order valence-electron chi connectivity index (χ2n) is 5.16. The highest BCUT2D eigenvalue weighted by Crippen LogP contribution is 2.16. The highest BCUT2D eigenvalue weighted by molar-refractivity contribution is 9.10. The van der Waals surface area contributed by atoms with Crippen LogP contribution in [0.5, 0.6) is 0 Å². The molecule has 1 aromatic heterocycles. The van der Waals surface area contributed by atoms with E-state index in [1.165, 1.54) is 4.68 Å². The summed E-state index contributed by atoms with van der Waals surface area (Å²) in [6.07, 6.45) is -0.223. The second kappa shape index (κ2) is 6.34. The Morgan fingerprint density at radius 1 is 1.13 bits per heavy atom. The van der Waals surface area contributed by atoms with Crippen molar-refractivity contribution in [1.82, 2.24) is 9.78 Å². The number of fused-ring (bicyclic) bond motifs is 1. The van der Waals surface area contributed by atoms with Gasteiger partial charge < -0.3 is 5.11 Å². The predicted molar refractivity (Wildman–Crippen MR) is 90.6 cm³/mol. The van der Waals surface area contributed by atoms with Crippen LogP contribution in [-0.2, 0) is 17.8 Å². The molecule has 1 heterocycles. The Hall–Kier alpha value is -2.47. The third kappa shape index (κ3) is 3.32. The number of rotatable bonds is 4. The van der Waals surface area contributed by atoms with E-state index in [0.29, 0.717) is 16.5 Å². The normalized spacial score (nSPS) is 10.8. The quantitative estimate of drug-likeness (QED) is 0.764. The molecule has 0 amide bonds. The van der Waals surface area contributed by atoms with Gasteiger partial charge in [-0.1, -0.05) is 46.3 Å². The number of halogens is 1. The van der Waals surface area contributed by atoms with Crippen molar-refractivity contribution >= 4 is 32.7 Å². The molecule has 0 bridgehead atoms. The number of carboxylic acids is 1. The zero-order valence-corrected chi connectivity index (χ0v) is 13.7. The molecular formula is C17H13BrN2O3. The van der Waals surface area contributed by atoms with Gasteiger partial charge in [0.1, 0.15) is 0 Å². The van der Waals surface area contributed by atoms with Crippen LogP contribution >= 0.6 is 15.9 Å². The third-order valence-electron chi connectivity index (χ3n) is 3.48. The van der Waals surface area contributed by atoms with Crippen molar-refractivity contribution in [3.63, 3.8) is 0 Å². The Kier molecular flexibility index (Phi) is 4.25. The molecule has 1 N–H and O–H groups in total. The Bertz CT molecular complexity index is 950. The summed E-state index contributed by atoms with van der Waals surface area (Å²) in [7, 11) is 0. The maximum atomic E-state index is 12.6. The largest absolute Gasteiger partial charge is 0.481 e. The van der Waals surface area contributed by atoms with Crippen LogP contribution in [0.25, 0.3) is 10.8 Å². The lowest BCUT2D eigenvalue weighted by Gasteiger charge is -2.10. The summed E-state index contributed by atoms with van der Waals surface area (Å²) in [5.74, 6) is -0.977. The van der Waals surface area contributed by atoms with Gasteiger partial charge in [-0.15, -0.1) is 0 Å². The molecule has 116 valence electrons. The number of aromatic nitrogens is 2. The van der Waals surface area contributed by atoms with E-state index in [2.05, 4.69) is 21.0 Å². The van der Waals surface area contributed by atoms with Gasteiger partial charge in [0.25, 0.3) is 5.56 Å². The lowest BCUT2D eigenvalue weighted by atomic mass is 10.1. The van der Waals surface area contributed by atoms with E-state index < -0.39 is 5.97 Å². The molecular weight excluding hydrogens is 360 g/mol. The Labute approximate surface area is 140 Å². The Balaban J connectivity index is 2.15. The van der Waals surface area contributed by atoms with E-state index in [1.807, 2.05) is 24.3 Å². The minimum Gasteiger partial charge on any atom is -0.481 e. The van der Waals surface area contributed by atoms with Crippen molar-refractivity contribution in [2.45, 2.75) is 13.0 Å². The molecule has 6 heteroatoms. The van der Waals surface area contributed by atoms with E-state index in [-0.39, 0.29) is 18.5 Å². The van der Waals surface area contributed by atoms with E-state index in [9.17, 15) is 9.59 Å². The monoisotopic (exact) mass is 372 g/mol. The molecule has 0 saturated carbocycles. The van der Waals surface area contributed by atoms with Crippen molar-refractivity contribution < 1.29 is 9.90 Å². The van der Waals surface area contributed by atoms with Gasteiger partial charge in [-0.2, -0.15) is 5.10 Å². The highest BCUT2D eigenvalue weighted by Gasteiger charge is 2.13. The summed E-state index contributed by atoms with van der Waals surface area (Å²) >= 11 is 3.40. The fourth-order valence-corrected chi connectivity index (χ4v) is 2.94. The van der Waals surface area contributed by atoms with E-state index in [4.69, 9.17) is 5.11 Å². The van der Waals surface area contributed by atoms with Crippen molar-refractivity contribution in [1.29, 1.82) is 0 Å². The maximum absolute atomic E-state index is 12.6. The summed E-state index contributed by atoms with van der Waals surface area (Å²) in [6, 6.07) is 14.5. The average Bonchev–Trinajstić information content (AvgIpc) is 2.51. The number of carbonyl (C=O) groups is 1. The van der Waals surface area contributed by atoms with Crippen molar-refractivity contribution in [2.75, 3.05) is 0 Å². The first-order valence-electron chi connectivity index (χ1n) is 6.99. The molecule has 3 rings (SSSR count). The van der Waals surface area contributed by atoms with E-state index in [0.717, 1.165) is 10.0 Å². The van der Waals surface area contributed by atoms with Crippen molar-refractivity contribution in [2.24, 2.45) is 0 Å². The number of benzene rings is 2. The predicted octanol–water partition coefficient (Wildman–Crippen LogP) is 2.83. The number of hydrogen-bond donors (Lipinski definition) is 1. The van der Waals surface area contributed by atoms with Crippen molar-refractivity contribution in [3.8, 4) is 0 Å². The van der Waals surface area contributed by atoms with Crippen LogP contribution in [0.1, 0.15) is 11.3 Å². The first-order valence-corrected chi connectivity index (χ1v) is 7.79. The SMILES string of the molecule is O=C(O)Cc1nn(Cc2cccc(Br)c2)c(=O)c2ccccc12. The molecule has 0 unspecified atom stereocenters. The molecule has 0 fully saturated rings. The van der Waals surface area contributed by atoms with Gasteiger partial charge >= 0.3 is 5.97 Å². The fraction of sp³-hybridized carbons (Fsp3) is 0.118. The molecule has 0 spiro atoms. The van der Waals surface area contributed by atoms with Crippen molar-refractivity contribution in [3.05, 3.63) is 74.6 Å². The lowest BCUT2D eigenvalue weighted by Crippen LogP contribution is -2.26. The summed E-state index contributed by atoms with van der Waals surface area (Å²) in [4.78, 5) is 23.7. The molecule has 5 nitrogen and oxygen atoms in total. The molecule has 0 aliphatic rings. The van der Waals surface area contributed by atoms with Crippen LogP contribution < -0.4 is 5.56 Å². The van der Waals surface area contributed by atoms with E-state index >= 15 is 0 Å². The summed E-state index contributed by atoms with van der Waals surface area (Å²) in [5.41, 5.74) is 1.07. The molecule has 23 heavy (non-hydrogen) atoms. The summed E-state index contributed by atoms with van der Waals surface area (Å²) < 4.78 is 2.23. The Morgan fingerprint density at radius 2 is 1.87 bits per heavy atom. The van der Waals surface area contributed by atoms with Crippen LogP contribution in [-0.4, -0.2) is 20.9 Å². The van der Waals surface area contributed by atoms with Gasteiger partial charge in [-0.05, 0) is 23.8 Å². The molecule has 0 aliphatic carbocycles. The average molecular weight is 373 g/mol. The van der Waals surface area contributed by atoms with Crippen LogP contribution in [0.3, 0.4) is 0 Å². The van der Waals surface area contributed by atoms with Crippen LogP contribution in [0.15, 0.2) is 57.8 Å². The maximum Gasteiger partial charge on any atom is 0.309 e. The first kappa shape index (κ1) is 15.4. The summed E-state index contributed by atoms with van der Waals surface area (Å²) in [5, 5.41) is 14.4. The van der Waals surface area contributed by atoms with Crippen LogP contribution in [0.4, 0.5) is 0 Å². The number of nitrogens with zero attached hydrogens (tertiary/aromatic N) is 2. The molecule has 3 aromatic rings. The van der Waals surface area contributed by atoms with Gasteiger partial charge in [0.2, 0.25) is 0 Å². The fourth-order valence-electron chi connectivity index (χ4n) is 2.49. The van der Waals surface area contributed by atoms with Crippen LogP contribution in [0, 0.1) is 0 Å². The number of aliphatic carboxylic acids is 1. The molecule has 2 aromatic carbocycles. The molecule has 0 atom stereocenters. The second-order valence-corrected chi connectivity index (χ2v) is 6.07.